The molecular weight excluding hydrogens is 322 g/mol. The summed E-state index contributed by atoms with van der Waals surface area (Å²) in [6.45, 7) is 7.54. The van der Waals surface area contributed by atoms with Gasteiger partial charge in [0.25, 0.3) is 0 Å². The number of allylic oxidation sites excluding steroid dienone is 1. The number of hydrogen-bond donors (Lipinski definition) is 1. The van der Waals surface area contributed by atoms with Crippen molar-refractivity contribution in [1.82, 2.24) is 10.2 Å². The molecule has 0 unspecified atom stereocenters. The van der Waals surface area contributed by atoms with E-state index in [0.717, 1.165) is 51.9 Å². The Morgan fingerprint density at radius 1 is 1.32 bits per heavy atom. The van der Waals surface area contributed by atoms with Crippen molar-refractivity contribution < 1.29 is 4.39 Å². The van der Waals surface area contributed by atoms with Gasteiger partial charge in [0.15, 0.2) is 0 Å². The highest BCUT2D eigenvalue weighted by Crippen LogP contribution is 2.34. The molecule has 1 aliphatic heterocycles. The number of hydrogen-bond acceptors (Lipinski definition) is 2. The van der Waals surface area contributed by atoms with E-state index in [4.69, 9.17) is 11.6 Å². The van der Waals surface area contributed by atoms with E-state index in [1.54, 1.807) is 12.1 Å². The number of rotatable bonds is 7. The van der Waals surface area contributed by atoms with Crippen LogP contribution in [0.25, 0.3) is 0 Å². The smallest absolute Gasteiger partial charge is 0.129 e. The third kappa shape index (κ3) is 5.24. The van der Waals surface area contributed by atoms with Crippen molar-refractivity contribution in [3.8, 4) is 0 Å². The summed E-state index contributed by atoms with van der Waals surface area (Å²) in [6.07, 6.45) is 6.05. The molecular formula is C17H25Cl2FN2. The molecule has 1 atom stereocenters. The summed E-state index contributed by atoms with van der Waals surface area (Å²) in [5.41, 5.74) is 0.666. The molecule has 1 heterocycles. The van der Waals surface area contributed by atoms with Crippen molar-refractivity contribution in [2.75, 3.05) is 26.2 Å². The third-order valence-electron chi connectivity index (χ3n) is 4.06. The molecule has 1 aromatic rings. The normalized spacial score (nSPS) is 16.8. The highest BCUT2D eigenvalue weighted by Gasteiger charge is 2.26. The lowest BCUT2D eigenvalue weighted by Crippen LogP contribution is -2.45. The van der Waals surface area contributed by atoms with Crippen LogP contribution in [0.15, 0.2) is 30.9 Å². The second kappa shape index (κ2) is 10.2. The first-order valence-corrected chi connectivity index (χ1v) is 8.11. The summed E-state index contributed by atoms with van der Waals surface area (Å²) in [5, 5.41) is 3.89. The molecule has 2 nitrogen and oxygen atoms in total. The molecule has 1 N–H and O–H groups in total. The fourth-order valence-electron chi connectivity index (χ4n) is 2.96. The fourth-order valence-corrected chi connectivity index (χ4v) is 3.25. The molecule has 0 bridgehead atoms. The molecule has 0 aliphatic carbocycles. The van der Waals surface area contributed by atoms with Crippen molar-refractivity contribution in [2.24, 2.45) is 0 Å². The number of benzene rings is 1. The number of nitrogens with zero attached hydrogens (tertiary/aromatic N) is 1. The van der Waals surface area contributed by atoms with E-state index in [-0.39, 0.29) is 24.3 Å². The lowest BCUT2D eigenvalue weighted by Gasteiger charge is -2.36. The Labute approximate surface area is 144 Å². The number of piperazine rings is 1. The predicted octanol–water partition coefficient (Wildman–Crippen LogP) is 4.59. The first-order chi connectivity index (χ1) is 10.2. The van der Waals surface area contributed by atoms with Crippen LogP contribution in [0.3, 0.4) is 0 Å². The number of unbranched alkanes of at least 4 members (excludes halogenated alkanes) is 2. The van der Waals surface area contributed by atoms with Crippen LogP contribution >= 0.6 is 24.0 Å². The first kappa shape index (κ1) is 19.4. The van der Waals surface area contributed by atoms with Gasteiger partial charge in [0.05, 0.1) is 0 Å². The van der Waals surface area contributed by atoms with E-state index in [2.05, 4.69) is 16.8 Å². The Bertz CT molecular complexity index is 442. The maximum absolute atomic E-state index is 14.3. The summed E-state index contributed by atoms with van der Waals surface area (Å²) >= 11 is 6.29. The third-order valence-corrected chi connectivity index (χ3v) is 4.39. The van der Waals surface area contributed by atoms with Crippen molar-refractivity contribution in [3.05, 3.63) is 47.3 Å². The summed E-state index contributed by atoms with van der Waals surface area (Å²) in [4.78, 5) is 2.36. The first-order valence-electron chi connectivity index (χ1n) is 7.73. The zero-order valence-electron chi connectivity index (χ0n) is 12.9. The van der Waals surface area contributed by atoms with Crippen LogP contribution in [-0.4, -0.2) is 31.1 Å². The molecule has 0 aromatic heterocycles. The average Bonchev–Trinajstić information content (AvgIpc) is 2.50. The predicted molar refractivity (Wildman–Crippen MR) is 94.5 cm³/mol. The Morgan fingerprint density at radius 3 is 2.68 bits per heavy atom. The molecule has 0 saturated carbocycles. The van der Waals surface area contributed by atoms with Gasteiger partial charge in [-0.05, 0) is 31.4 Å². The van der Waals surface area contributed by atoms with Crippen LogP contribution in [-0.2, 0) is 0 Å². The summed E-state index contributed by atoms with van der Waals surface area (Å²) < 4.78 is 14.3. The van der Waals surface area contributed by atoms with E-state index in [0.29, 0.717) is 10.6 Å². The van der Waals surface area contributed by atoms with Gasteiger partial charge in [-0.3, -0.25) is 4.90 Å². The highest BCUT2D eigenvalue weighted by molar-refractivity contribution is 6.31. The lowest BCUT2D eigenvalue weighted by molar-refractivity contribution is 0.160. The molecule has 124 valence electrons. The molecule has 1 saturated heterocycles. The lowest BCUT2D eigenvalue weighted by atomic mass is 9.97. The minimum Gasteiger partial charge on any atom is -0.314 e. The fraction of sp³-hybridized carbons (Fsp3) is 0.529. The van der Waals surface area contributed by atoms with Gasteiger partial charge in [-0.15, -0.1) is 19.0 Å². The summed E-state index contributed by atoms with van der Waals surface area (Å²) in [6, 6.07) is 5.05. The van der Waals surface area contributed by atoms with Crippen LogP contribution in [0.2, 0.25) is 5.02 Å². The second-order valence-electron chi connectivity index (χ2n) is 5.51. The van der Waals surface area contributed by atoms with E-state index < -0.39 is 0 Å². The highest BCUT2D eigenvalue weighted by atomic mass is 35.5. The van der Waals surface area contributed by atoms with E-state index in [9.17, 15) is 4.39 Å². The van der Waals surface area contributed by atoms with Gasteiger partial charge in [0.1, 0.15) is 5.82 Å². The van der Waals surface area contributed by atoms with E-state index in [1.807, 2.05) is 6.08 Å². The van der Waals surface area contributed by atoms with Gasteiger partial charge in [-0.25, -0.2) is 4.39 Å². The standard InChI is InChI=1S/C17H24ClFN2.ClH/c1-2-3-4-5-9-16(21-12-10-20-11-13-21)17-14(18)7-6-8-15(17)19;/h2,6-8,16,20H,1,3-5,9-13H2;1H/t16-;/m0./s1. The largest absolute Gasteiger partial charge is 0.314 e. The molecule has 0 radical (unpaired) electrons. The monoisotopic (exact) mass is 346 g/mol. The Balaban J connectivity index is 0.00000242. The maximum Gasteiger partial charge on any atom is 0.129 e. The SMILES string of the molecule is C=CCCCC[C@@H](c1c(F)cccc1Cl)N1CCNCC1.Cl. The van der Waals surface area contributed by atoms with Gasteiger partial charge in [-0.2, -0.15) is 0 Å². The molecule has 1 fully saturated rings. The molecule has 1 aliphatic rings. The zero-order valence-corrected chi connectivity index (χ0v) is 14.4. The second-order valence-corrected chi connectivity index (χ2v) is 5.92. The summed E-state index contributed by atoms with van der Waals surface area (Å²) in [5.74, 6) is -0.185. The van der Waals surface area contributed by atoms with Crippen LogP contribution in [0.1, 0.15) is 37.3 Å². The van der Waals surface area contributed by atoms with Crippen molar-refractivity contribution in [1.29, 1.82) is 0 Å². The Kier molecular flexibility index (Phi) is 9.03. The number of halogens is 3. The molecule has 0 amide bonds. The van der Waals surface area contributed by atoms with E-state index >= 15 is 0 Å². The molecule has 1 aromatic carbocycles. The van der Waals surface area contributed by atoms with Gasteiger partial charge in [0.2, 0.25) is 0 Å². The minimum atomic E-state index is -0.185. The van der Waals surface area contributed by atoms with Crippen molar-refractivity contribution >= 4 is 24.0 Å². The van der Waals surface area contributed by atoms with Crippen molar-refractivity contribution in [2.45, 2.75) is 31.7 Å². The topological polar surface area (TPSA) is 15.3 Å². The Hall–Kier alpha value is -0.610. The van der Waals surface area contributed by atoms with Gasteiger partial charge in [-0.1, -0.05) is 30.2 Å². The molecule has 5 heteroatoms. The van der Waals surface area contributed by atoms with Crippen LogP contribution in [0, 0.1) is 5.82 Å². The number of nitrogens with one attached hydrogen (secondary N) is 1. The van der Waals surface area contributed by atoms with Crippen LogP contribution in [0.4, 0.5) is 4.39 Å². The maximum atomic E-state index is 14.3. The van der Waals surface area contributed by atoms with Gasteiger partial charge < -0.3 is 5.32 Å². The van der Waals surface area contributed by atoms with E-state index in [1.165, 1.54) is 6.07 Å². The van der Waals surface area contributed by atoms with Crippen LogP contribution < -0.4 is 5.32 Å². The van der Waals surface area contributed by atoms with Gasteiger partial charge >= 0.3 is 0 Å². The van der Waals surface area contributed by atoms with Crippen molar-refractivity contribution in [3.63, 3.8) is 0 Å². The molecule has 2 rings (SSSR count). The molecule has 0 spiro atoms. The zero-order chi connectivity index (χ0) is 15.1. The quantitative estimate of drug-likeness (QED) is 0.573. The Morgan fingerprint density at radius 2 is 2.05 bits per heavy atom. The average molecular weight is 347 g/mol. The van der Waals surface area contributed by atoms with Gasteiger partial charge in [0, 0.05) is 42.8 Å². The van der Waals surface area contributed by atoms with Crippen LogP contribution in [0.5, 0.6) is 0 Å². The summed E-state index contributed by atoms with van der Waals surface area (Å²) in [7, 11) is 0. The minimum absolute atomic E-state index is 0. The molecule has 22 heavy (non-hydrogen) atoms.